The largest absolute Gasteiger partial charge is 0.338 e. The Morgan fingerprint density at radius 2 is 2.05 bits per heavy atom. The summed E-state index contributed by atoms with van der Waals surface area (Å²) in [6, 6.07) is 2.40. The van der Waals surface area contributed by atoms with E-state index in [9.17, 15) is 10.1 Å². The summed E-state index contributed by atoms with van der Waals surface area (Å²) in [5.41, 5.74) is 0.631. The maximum Gasteiger partial charge on any atom is 0.225 e. The molecule has 0 bridgehead atoms. The molecule has 116 valence electrons. The molecule has 0 spiro atoms. The molecule has 2 aliphatic rings. The van der Waals surface area contributed by atoms with Crippen LogP contribution in [0.25, 0.3) is 0 Å². The third-order valence-corrected chi connectivity index (χ3v) is 5.28. The molecule has 2 saturated carbocycles. The van der Waals surface area contributed by atoms with Crippen LogP contribution in [-0.2, 0) is 4.79 Å². The summed E-state index contributed by atoms with van der Waals surface area (Å²) in [7, 11) is 0. The zero-order valence-electron chi connectivity index (χ0n) is 14.0. The zero-order chi connectivity index (χ0) is 15.8. The van der Waals surface area contributed by atoms with Gasteiger partial charge >= 0.3 is 0 Å². The van der Waals surface area contributed by atoms with Gasteiger partial charge in [0.25, 0.3) is 0 Å². The van der Waals surface area contributed by atoms with Gasteiger partial charge in [-0.1, -0.05) is 38.8 Å². The van der Waals surface area contributed by atoms with Gasteiger partial charge in [0, 0.05) is 0 Å². The third kappa shape index (κ3) is 3.15. The van der Waals surface area contributed by atoms with Crippen LogP contribution in [0.5, 0.6) is 0 Å². The zero-order valence-corrected chi connectivity index (χ0v) is 14.0. The van der Waals surface area contributed by atoms with Crippen LogP contribution in [0.15, 0.2) is 11.6 Å². The molecule has 2 aliphatic carbocycles. The highest BCUT2D eigenvalue weighted by Crippen LogP contribution is 2.59. The molecule has 0 aromatic rings. The van der Waals surface area contributed by atoms with E-state index in [0.717, 1.165) is 25.7 Å². The van der Waals surface area contributed by atoms with Crippen molar-refractivity contribution in [3.8, 4) is 6.07 Å². The number of nitrogens with one attached hydrogen (secondary N) is 1. The Balaban J connectivity index is 2.08. The highest BCUT2D eigenvalue weighted by molar-refractivity contribution is 5.84. The van der Waals surface area contributed by atoms with Crippen molar-refractivity contribution in [1.82, 2.24) is 5.32 Å². The number of carbonyl (C=O) groups excluding carboxylic acids is 1. The Bertz CT molecular complexity index is 496. The molecule has 1 N–H and O–H groups in total. The highest BCUT2D eigenvalue weighted by atomic mass is 16.2. The van der Waals surface area contributed by atoms with Crippen molar-refractivity contribution in [1.29, 1.82) is 5.26 Å². The van der Waals surface area contributed by atoms with Crippen LogP contribution in [-0.4, -0.2) is 11.4 Å². The van der Waals surface area contributed by atoms with Crippen LogP contribution >= 0.6 is 0 Å². The van der Waals surface area contributed by atoms with E-state index in [2.05, 4.69) is 52.1 Å². The molecule has 0 aliphatic heterocycles. The number of amides is 1. The number of nitrogens with zero attached hydrogens (tertiary/aromatic N) is 1. The average Bonchev–Trinajstić information content (AvgIpc) is 2.89. The van der Waals surface area contributed by atoms with Gasteiger partial charge in [0.15, 0.2) is 0 Å². The number of carbonyl (C=O) groups is 1. The van der Waals surface area contributed by atoms with E-state index >= 15 is 0 Å². The van der Waals surface area contributed by atoms with Gasteiger partial charge in [-0.05, 0) is 50.4 Å². The molecule has 3 heteroatoms. The lowest BCUT2D eigenvalue weighted by atomic mass is 9.77. The Kier molecular flexibility index (Phi) is 4.19. The Morgan fingerprint density at radius 3 is 2.57 bits per heavy atom. The minimum Gasteiger partial charge on any atom is -0.338 e. The van der Waals surface area contributed by atoms with Crippen LogP contribution in [0.1, 0.15) is 60.3 Å². The van der Waals surface area contributed by atoms with Crippen molar-refractivity contribution in [2.75, 3.05) is 0 Å². The molecule has 0 radical (unpaired) electrons. The average molecular weight is 288 g/mol. The quantitative estimate of drug-likeness (QED) is 0.803. The fourth-order valence-electron chi connectivity index (χ4n) is 3.96. The lowest BCUT2D eigenvalue weighted by Crippen LogP contribution is -2.51. The summed E-state index contributed by atoms with van der Waals surface area (Å²) in [5.74, 6) is 0.895. The van der Waals surface area contributed by atoms with E-state index < -0.39 is 5.54 Å². The first-order chi connectivity index (χ1) is 9.72. The normalized spacial score (nSPS) is 37.2. The van der Waals surface area contributed by atoms with Crippen LogP contribution in [0.3, 0.4) is 0 Å². The monoisotopic (exact) mass is 288 g/mol. The van der Waals surface area contributed by atoms with E-state index in [-0.39, 0.29) is 17.2 Å². The van der Waals surface area contributed by atoms with Gasteiger partial charge in [0.05, 0.1) is 12.0 Å². The lowest BCUT2D eigenvalue weighted by Gasteiger charge is -2.35. The lowest BCUT2D eigenvalue weighted by molar-refractivity contribution is -0.125. The topological polar surface area (TPSA) is 52.9 Å². The first-order valence-electron chi connectivity index (χ1n) is 8.10. The molecule has 4 atom stereocenters. The van der Waals surface area contributed by atoms with E-state index in [1.807, 2.05) is 0 Å². The summed E-state index contributed by atoms with van der Waals surface area (Å²) in [6.45, 7) is 10.6. The Morgan fingerprint density at radius 1 is 1.38 bits per heavy atom. The summed E-state index contributed by atoms with van der Waals surface area (Å²) < 4.78 is 0. The van der Waals surface area contributed by atoms with Crippen molar-refractivity contribution >= 4 is 5.91 Å². The van der Waals surface area contributed by atoms with Gasteiger partial charge < -0.3 is 5.32 Å². The maximum atomic E-state index is 12.7. The molecule has 0 saturated heterocycles. The first kappa shape index (κ1) is 16.1. The van der Waals surface area contributed by atoms with Crippen molar-refractivity contribution < 1.29 is 4.79 Å². The molecule has 0 heterocycles. The van der Waals surface area contributed by atoms with Gasteiger partial charge in [0.1, 0.15) is 5.54 Å². The third-order valence-electron chi connectivity index (χ3n) is 5.28. The SMILES string of the molecule is CC(C)=C[C@@H]1[C@H](C(=O)N[C@@]2(C#N)CCC[C@@H](C)C2)C1(C)C. The summed E-state index contributed by atoms with van der Waals surface area (Å²) in [4.78, 5) is 12.7. The van der Waals surface area contributed by atoms with Crippen LogP contribution < -0.4 is 5.32 Å². The van der Waals surface area contributed by atoms with Gasteiger partial charge in [-0.25, -0.2) is 0 Å². The van der Waals surface area contributed by atoms with Crippen LogP contribution in [0, 0.1) is 34.5 Å². The minimum atomic E-state index is -0.636. The molecular weight excluding hydrogens is 260 g/mol. The molecule has 0 unspecified atom stereocenters. The summed E-state index contributed by atoms with van der Waals surface area (Å²) in [5, 5.41) is 12.7. The maximum absolute atomic E-state index is 12.7. The van der Waals surface area contributed by atoms with Gasteiger partial charge in [-0.15, -0.1) is 0 Å². The smallest absolute Gasteiger partial charge is 0.225 e. The molecule has 2 rings (SSSR count). The van der Waals surface area contributed by atoms with E-state index in [1.54, 1.807) is 0 Å². The fraction of sp³-hybridized carbons (Fsp3) is 0.778. The minimum absolute atomic E-state index is 0.00913. The standard InChI is InChI=1S/C18H28N2O/c1-12(2)9-14-15(17(14,4)5)16(21)20-18(11-19)8-6-7-13(3)10-18/h9,13-15H,6-8,10H2,1-5H3,(H,20,21)/t13-,14-,15-,18+/m1/s1. The molecule has 3 nitrogen and oxygen atoms in total. The second-order valence-corrected chi connectivity index (χ2v) is 7.95. The highest BCUT2D eigenvalue weighted by Gasteiger charge is 2.61. The predicted octanol–water partition coefficient (Wildman–Crippen LogP) is 3.81. The summed E-state index contributed by atoms with van der Waals surface area (Å²) >= 11 is 0. The van der Waals surface area contributed by atoms with Crippen LogP contribution in [0.4, 0.5) is 0 Å². The van der Waals surface area contributed by atoms with E-state index in [0.29, 0.717) is 11.8 Å². The molecule has 0 aromatic carbocycles. The number of allylic oxidation sites excluding steroid dienone is 2. The molecule has 2 fully saturated rings. The van der Waals surface area contributed by atoms with E-state index in [1.165, 1.54) is 5.57 Å². The second kappa shape index (κ2) is 5.48. The molecule has 21 heavy (non-hydrogen) atoms. The van der Waals surface area contributed by atoms with Gasteiger partial charge in [-0.3, -0.25) is 4.79 Å². The Hall–Kier alpha value is -1.30. The molecule has 1 amide bonds. The Labute approximate surface area is 128 Å². The fourth-order valence-corrected chi connectivity index (χ4v) is 3.96. The number of hydrogen-bond donors (Lipinski definition) is 1. The van der Waals surface area contributed by atoms with Crippen LogP contribution in [0.2, 0.25) is 0 Å². The van der Waals surface area contributed by atoms with Crippen molar-refractivity contribution in [2.45, 2.75) is 65.8 Å². The molecule has 0 aromatic heterocycles. The number of hydrogen-bond acceptors (Lipinski definition) is 2. The second-order valence-electron chi connectivity index (χ2n) is 7.95. The van der Waals surface area contributed by atoms with E-state index in [4.69, 9.17) is 0 Å². The number of rotatable bonds is 3. The number of nitriles is 1. The van der Waals surface area contributed by atoms with Gasteiger partial charge in [0.2, 0.25) is 5.91 Å². The van der Waals surface area contributed by atoms with Crippen molar-refractivity contribution in [2.24, 2.45) is 23.2 Å². The molecular formula is C18H28N2O. The van der Waals surface area contributed by atoms with Crippen molar-refractivity contribution in [3.05, 3.63) is 11.6 Å². The van der Waals surface area contributed by atoms with Crippen molar-refractivity contribution in [3.63, 3.8) is 0 Å². The predicted molar refractivity (Wildman–Crippen MR) is 84.3 cm³/mol. The summed E-state index contributed by atoms with van der Waals surface area (Å²) in [6.07, 6.45) is 5.97. The van der Waals surface area contributed by atoms with Gasteiger partial charge in [-0.2, -0.15) is 5.26 Å². The first-order valence-corrected chi connectivity index (χ1v) is 8.10.